The molecule has 1 heterocycles. The second-order valence-corrected chi connectivity index (χ2v) is 4.76. The van der Waals surface area contributed by atoms with Crippen molar-refractivity contribution in [2.45, 2.75) is 33.2 Å². The quantitative estimate of drug-likeness (QED) is 0.802. The molecule has 0 spiro atoms. The number of aromatic nitrogens is 1. The zero-order valence-electron chi connectivity index (χ0n) is 8.79. The van der Waals surface area contributed by atoms with Crippen LogP contribution in [0.4, 0.5) is 0 Å². The first-order chi connectivity index (χ1) is 6.13. The summed E-state index contributed by atoms with van der Waals surface area (Å²) in [5.74, 6) is 0.659. The molecule has 3 heteroatoms. The fourth-order valence-corrected chi connectivity index (χ4v) is 2.02. The molecular formula is C10H18N2S. The Morgan fingerprint density at radius 2 is 2.23 bits per heavy atom. The maximum Gasteiger partial charge on any atom is 0.0897 e. The molecule has 1 aromatic heterocycles. The van der Waals surface area contributed by atoms with E-state index >= 15 is 0 Å². The largest absolute Gasteiger partial charge is 0.316 e. The van der Waals surface area contributed by atoms with E-state index in [2.05, 4.69) is 36.5 Å². The molecule has 1 atom stereocenters. The van der Waals surface area contributed by atoms with Crippen LogP contribution in [-0.2, 0) is 6.42 Å². The van der Waals surface area contributed by atoms with Gasteiger partial charge in [-0.2, -0.15) is 0 Å². The predicted octanol–water partition coefficient (Wildman–Crippen LogP) is 2.24. The maximum absolute atomic E-state index is 4.46. The van der Waals surface area contributed by atoms with Gasteiger partial charge in [-0.3, -0.25) is 0 Å². The molecule has 0 saturated carbocycles. The van der Waals surface area contributed by atoms with Crippen molar-refractivity contribution >= 4 is 11.3 Å². The standard InChI is InChI=1S/C10H18N2S/c1-7(2)10(11-4)5-9-6-13-8(3)12-9/h6-7,10-11H,5H2,1-4H3. The van der Waals surface area contributed by atoms with Crippen molar-refractivity contribution < 1.29 is 0 Å². The first kappa shape index (κ1) is 10.7. The average Bonchev–Trinajstić information content (AvgIpc) is 2.46. The summed E-state index contributed by atoms with van der Waals surface area (Å²) < 4.78 is 0. The van der Waals surface area contributed by atoms with E-state index in [0.717, 1.165) is 11.4 Å². The second kappa shape index (κ2) is 4.72. The van der Waals surface area contributed by atoms with Crippen LogP contribution in [0.2, 0.25) is 0 Å². The van der Waals surface area contributed by atoms with Gasteiger partial charge in [0.15, 0.2) is 0 Å². The molecule has 0 saturated heterocycles. The molecule has 1 aromatic rings. The fraction of sp³-hybridized carbons (Fsp3) is 0.700. The monoisotopic (exact) mass is 198 g/mol. The van der Waals surface area contributed by atoms with Crippen LogP contribution in [0.15, 0.2) is 5.38 Å². The number of rotatable bonds is 4. The number of nitrogens with zero attached hydrogens (tertiary/aromatic N) is 1. The highest BCUT2D eigenvalue weighted by Crippen LogP contribution is 2.13. The summed E-state index contributed by atoms with van der Waals surface area (Å²) in [6.07, 6.45) is 1.04. The Labute approximate surface area is 84.4 Å². The van der Waals surface area contributed by atoms with Crippen molar-refractivity contribution in [1.29, 1.82) is 0 Å². The highest BCUT2D eigenvalue weighted by molar-refractivity contribution is 7.09. The van der Waals surface area contributed by atoms with Gasteiger partial charge in [0.25, 0.3) is 0 Å². The van der Waals surface area contributed by atoms with Gasteiger partial charge in [-0.1, -0.05) is 13.8 Å². The van der Waals surface area contributed by atoms with E-state index in [9.17, 15) is 0 Å². The molecule has 0 aliphatic carbocycles. The van der Waals surface area contributed by atoms with E-state index in [1.807, 2.05) is 7.05 Å². The van der Waals surface area contributed by atoms with Crippen molar-refractivity contribution in [3.8, 4) is 0 Å². The van der Waals surface area contributed by atoms with Crippen molar-refractivity contribution in [2.75, 3.05) is 7.05 Å². The van der Waals surface area contributed by atoms with Gasteiger partial charge in [0, 0.05) is 17.8 Å². The van der Waals surface area contributed by atoms with E-state index in [0.29, 0.717) is 12.0 Å². The topological polar surface area (TPSA) is 24.9 Å². The Kier molecular flexibility index (Phi) is 3.88. The molecule has 0 aliphatic heterocycles. The van der Waals surface area contributed by atoms with Crippen molar-refractivity contribution in [3.63, 3.8) is 0 Å². The lowest BCUT2D eigenvalue weighted by atomic mass is 10.00. The molecule has 2 nitrogen and oxygen atoms in total. The smallest absolute Gasteiger partial charge is 0.0897 e. The van der Waals surface area contributed by atoms with Gasteiger partial charge >= 0.3 is 0 Å². The molecular weight excluding hydrogens is 180 g/mol. The molecule has 13 heavy (non-hydrogen) atoms. The summed E-state index contributed by atoms with van der Waals surface area (Å²) >= 11 is 1.73. The number of likely N-dealkylation sites (N-methyl/N-ethyl adjacent to an activating group) is 1. The summed E-state index contributed by atoms with van der Waals surface area (Å²) in [6, 6.07) is 0.543. The SMILES string of the molecule is CNC(Cc1csc(C)n1)C(C)C. The molecule has 0 aliphatic rings. The van der Waals surface area contributed by atoms with Gasteiger partial charge in [-0.15, -0.1) is 11.3 Å². The van der Waals surface area contributed by atoms with Crippen LogP contribution >= 0.6 is 11.3 Å². The van der Waals surface area contributed by atoms with E-state index in [1.165, 1.54) is 5.69 Å². The van der Waals surface area contributed by atoms with Gasteiger partial charge in [0.2, 0.25) is 0 Å². The minimum Gasteiger partial charge on any atom is -0.316 e. The van der Waals surface area contributed by atoms with Crippen LogP contribution in [-0.4, -0.2) is 18.1 Å². The molecule has 1 N–H and O–H groups in total. The van der Waals surface area contributed by atoms with E-state index < -0.39 is 0 Å². The van der Waals surface area contributed by atoms with Crippen LogP contribution in [0.5, 0.6) is 0 Å². The number of nitrogens with one attached hydrogen (secondary N) is 1. The van der Waals surface area contributed by atoms with Gasteiger partial charge in [0.05, 0.1) is 10.7 Å². The Bertz CT molecular complexity index is 255. The molecule has 0 aromatic carbocycles. The van der Waals surface area contributed by atoms with Gasteiger partial charge < -0.3 is 5.32 Å². The van der Waals surface area contributed by atoms with E-state index in [4.69, 9.17) is 0 Å². The van der Waals surface area contributed by atoms with Crippen LogP contribution in [0.25, 0.3) is 0 Å². The minimum atomic E-state index is 0.543. The van der Waals surface area contributed by atoms with Crippen LogP contribution in [0.1, 0.15) is 24.5 Å². The first-order valence-corrected chi connectivity index (χ1v) is 5.59. The first-order valence-electron chi connectivity index (χ1n) is 4.71. The third-order valence-corrected chi connectivity index (χ3v) is 3.09. The predicted molar refractivity (Wildman–Crippen MR) is 58.2 cm³/mol. The summed E-state index contributed by atoms with van der Waals surface area (Å²) in [5, 5.41) is 6.64. The van der Waals surface area contributed by atoms with Crippen molar-refractivity contribution in [3.05, 3.63) is 16.1 Å². The van der Waals surface area contributed by atoms with Crippen LogP contribution in [0, 0.1) is 12.8 Å². The summed E-state index contributed by atoms with van der Waals surface area (Å²) in [7, 11) is 2.02. The molecule has 0 amide bonds. The third-order valence-electron chi connectivity index (χ3n) is 2.27. The van der Waals surface area contributed by atoms with Crippen LogP contribution < -0.4 is 5.32 Å². The number of hydrogen-bond acceptors (Lipinski definition) is 3. The van der Waals surface area contributed by atoms with E-state index in [-0.39, 0.29) is 0 Å². The third kappa shape index (κ3) is 3.08. The fourth-order valence-electron chi connectivity index (χ4n) is 1.40. The Balaban J connectivity index is 2.56. The Hall–Kier alpha value is -0.410. The number of thiazole rings is 1. The zero-order valence-corrected chi connectivity index (χ0v) is 9.61. The zero-order chi connectivity index (χ0) is 9.84. The molecule has 0 fully saturated rings. The molecule has 74 valence electrons. The minimum absolute atomic E-state index is 0.543. The van der Waals surface area contributed by atoms with Gasteiger partial charge in [0.1, 0.15) is 0 Å². The van der Waals surface area contributed by atoms with Gasteiger partial charge in [-0.25, -0.2) is 4.98 Å². The normalized spacial score (nSPS) is 13.6. The average molecular weight is 198 g/mol. The Morgan fingerprint density at radius 3 is 2.62 bits per heavy atom. The molecule has 0 bridgehead atoms. The molecule has 0 radical (unpaired) electrons. The molecule has 1 rings (SSSR count). The summed E-state index contributed by atoms with van der Waals surface area (Å²) in [4.78, 5) is 4.46. The number of aryl methyl sites for hydroxylation is 1. The lowest BCUT2D eigenvalue weighted by molar-refractivity contribution is 0.422. The van der Waals surface area contributed by atoms with E-state index in [1.54, 1.807) is 11.3 Å². The lowest BCUT2D eigenvalue weighted by Crippen LogP contribution is -2.32. The highest BCUT2D eigenvalue weighted by Gasteiger charge is 2.12. The number of hydrogen-bond donors (Lipinski definition) is 1. The maximum atomic E-state index is 4.46. The van der Waals surface area contributed by atoms with Crippen LogP contribution in [0.3, 0.4) is 0 Å². The van der Waals surface area contributed by atoms with Gasteiger partial charge in [-0.05, 0) is 19.9 Å². The lowest BCUT2D eigenvalue weighted by Gasteiger charge is -2.18. The summed E-state index contributed by atoms with van der Waals surface area (Å²) in [5.41, 5.74) is 1.22. The summed E-state index contributed by atoms with van der Waals surface area (Å²) in [6.45, 7) is 6.53. The van der Waals surface area contributed by atoms with Crippen molar-refractivity contribution in [2.24, 2.45) is 5.92 Å². The molecule has 1 unspecified atom stereocenters. The van der Waals surface area contributed by atoms with Crippen molar-refractivity contribution in [1.82, 2.24) is 10.3 Å². The highest BCUT2D eigenvalue weighted by atomic mass is 32.1. The Morgan fingerprint density at radius 1 is 1.54 bits per heavy atom. The second-order valence-electron chi connectivity index (χ2n) is 3.70.